The van der Waals surface area contributed by atoms with Crippen molar-refractivity contribution in [1.82, 2.24) is 9.13 Å². The van der Waals surface area contributed by atoms with Gasteiger partial charge in [-0.15, -0.1) is 0 Å². The molecule has 4 aliphatic heterocycles. The van der Waals surface area contributed by atoms with E-state index in [2.05, 4.69) is 234 Å². The van der Waals surface area contributed by atoms with Gasteiger partial charge in [-0.05, 0) is 195 Å². The van der Waals surface area contributed by atoms with Crippen LogP contribution in [0.15, 0.2) is 158 Å². The lowest BCUT2D eigenvalue weighted by atomic mass is 9.30. The van der Waals surface area contributed by atoms with Gasteiger partial charge in [-0.25, -0.2) is 0 Å². The fourth-order valence-corrected chi connectivity index (χ4v) is 14.4. The molecule has 10 aromatic carbocycles. The van der Waals surface area contributed by atoms with E-state index in [0.29, 0.717) is 0 Å². The summed E-state index contributed by atoms with van der Waals surface area (Å²) in [6, 6.07) is 61.4. The molecule has 16 rings (SSSR count). The molecule has 0 amide bonds. The highest BCUT2D eigenvalue weighted by Crippen LogP contribution is 2.47. The maximum absolute atomic E-state index is 7.63. The van der Waals surface area contributed by atoms with E-state index < -0.39 is 0 Å². The molecule has 0 saturated carbocycles. The number of hydrogen-bond acceptors (Lipinski definition) is 2. The van der Waals surface area contributed by atoms with Gasteiger partial charge in [0.15, 0.2) is 0 Å². The lowest BCUT2D eigenvalue weighted by Crippen LogP contribution is -2.64. The van der Waals surface area contributed by atoms with E-state index in [0.717, 1.165) is 28.4 Å². The van der Waals surface area contributed by atoms with Gasteiger partial charge in [-0.1, -0.05) is 124 Å². The number of hydrogen-bond donors (Lipinski definition) is 0. The van der Waals surface area contributed by atoms with Gasteiger partial charge in [-0.2, -0.15) is 0 Å². The maximum Gasteiger partial charge on any atom is 0.256 e. The van der Waals surface area contributed by atoms with Gasteiger partial charge in [0.25, 0.3) is 13.4 Å². The van der Waals surface area contributed by atoms with E-state index in [1.54, 1.807) is 0 Å². The first-order valence-electron chi connectivity index (χ1n) is 26.7. The van der Waals surface area contributed by atoms with Crippen LogP contribution in [0.4, 0.5) is 17.1 Å². The van der Waals surface area contributed by atoms with Crippen molar-refractivity contribution in [1.29, 1.82) is 0 Å². The summed E-state index contributed by atoms with van der Waals surface area (Å²) in [5, 5.41) is 5.20. The highest BCUT2D eigenvalue weighted by Gasteiger charge is 2.47. The standard InChI is InChI=1S/C69H53B2N3O/c1-36-10-17-47(18-11-36)72-59-35-63-55(71-65-42(7)16-21-50-51-26-39(4)14-22-57(51)74(69(50)65)62-32-46(33-64(75-63)67(62)71)49-20-13-38(3)25-44(49)9)34-54(59)70-56-29-41(6)28-53-52-27-40(5)15-23-58(52)73(68(53)56)61-31-45(30-60(72)66(61)70)48-19-12-37(2)24-43(48)8/h10-35H,1-9H3. The summed E-state index contributed by atoms with van der Waals surface area (Å²) in [5.74, 6) is 1.83. The third-order valence-electron chi connectivity index (χ3n) is 17.6. The minimum atomic E-state index is -0.0741. The molecule has 75 heavy (non-hydrogen) atoms. The molecule has 12 aromatic rings. The summed E-state index contributed by atoms with van der Waals surface area (Å²) in [5.41, 5.74) is 35.0. The number of anilines is 3. The lowest BCUT2D eigenvalue weighted by Gasteiger charge is -2.42. The molecule has 0 bridgehead atoms. The Morgan fingerprint density at radius 2 is 0.907 bits per heavy atom. The zero-order chi connectivity index (χ0) is 50.6. The molecule has 356 valence electrons. The summed E-state index contributed by atoms with van der Waals surface area (Å²) in [6.45, 7) is 20.0. The van der Waals surface area contributed by atoms with Gasteiger partial charge < -0.3 is 18.8 Å². The monoisotopic (exact) mass is 961 g/mol. The van der Waals surface area contributed by atoms with Gasteiger partial charge in [0.2, 0.25) is 0 Å². The zero-order valence-corrected chi connectivity index (χ0v) is 43.9. The Morgan fingerprint density at radius 1 is 0.333 bits per heavy atom. The predicted molar refractivity (Wildman–Crippen MR) is 319 cm³/mol. The second kappa shape index (κ2) is 14.9. The third-order valence-corrected chi connectivity index (χ3v) is 17.6. The lowest BCUT2D eigenvalue weighted by molar-refractivity contribution is 0.487. The Labute approximate surface area is 438 Å². The van der Waals surface area contributed by atoms with Crippen molar-refractivity contribution in [3.63, 3.8) is 0 Å². The second-order valence-corrected chi connectivity index (χ2v) is 22.7. The molecule has 0 saturated heterocycles. The van der Waals surface area contributed by atoms with Gasteiger partial charge in [-0.3, -0.25) is 0 Å². The summed E-state index contributed by atoms with van der Waals surface area (Å²) < 4.78 is 12.8. The highest BCUT2D eigenvalue weighted by molar-refractivity contribution is 7.02. The Balaban J connectivity index is 1.05. The van der Waals surface area contributed by atoms with Crippen molar-refractivity contribution in [3.8, 4) is 45.1 Å². The SMILES string of the molecule is Cc1ccc(N2c3cc4c(cc3B3c5c2cc(-c2ccc(C)cc2C)cc5-n2c5ccc(C)cc5c5cc(C)cc3c52)B2c3c(cc(-c5ccc(C)cc5C)cc3-n3c5ccc(C)cc5c5ccc(C)c2c53)O4)cc1. The van der Waals surface area contributed by atoms with E-state index >= 15 is 0 Å². The first-order valence-corrected chi connectivity index (χ1v) is 26.7. The van der Waals surface area contributed by atoms with Crippen LogP contribution in [0, 0.1) is 62.3 Å². The van der Waals surface area contributed by atoms with E-state index in [9.17, 15) is 0 Å². The van der Waals surface area contributed by atoms with Gasteiger partial charge in [0.05, 0.1) is 11.0 Å². The minimum absolute atomic E-state index is 0.0619. The van der Waals surface area contributed by atoms with Crippen molar-refractivity contribution < 1.29 is 4.74 Å². The molecule has 6 heterocycles. The average Bonchev–Trinajstić information content (AvgIpc) is 3.89. The molecule has 0 aliphatic carbocycles. The van der Waals surface area contributed by atoms with Gasteiger partial charge in [0.1, 0.15) is 11.5 Å². The molecule has 0 spiro atoms. The molecule has 0 N–H and O–H groups in total. The van der Waals surface area contributed by atoms with Gasteiger partial charge in [0, 0.05) is 67.1 Å². The molecule has 0 atom stereocenters. The van der Waals surface area contributed by atoms with Crippen molar-refractivity contribution in [3.05, 3.63) is 208 Å². The minimum Gasteiger partial charge on any atom is -0.458 e. The fraction of sp³-hybridized carbons (Fsp3) is 0.130. The summed E-state index contributed by atoms with van der Waals surface area (Å²) in [6.07, 6.45) is 0. The molecule has 0 radical (unpaired) electrons. The normalized spacial score (nSPS) is 13.4. The van der Waals surface area contributed by atoms with Crippen molar-refractivity contribution in [2.45, 2.75) is 62.3 Å². The molecule has 0 fully saturated rings. The second-order valence-electron chi connectivity index (χ2n) is 22.7. The van der Waals surface area contributed by atoms with Crippen molar-refractivity contribution >= 4 is 107 Å². The Morgan fingerprint density at radius 3 is 1.59 bits per heavy atom. The highest BCUT2D eigenvalue weighted by atomic mass is 16.5. The summed E-state index contributed by atoms with van der Waals surface area (Å²) in [4.78, 5) is 2.56. The quantitative estimate of drug-likeness (QED) is 0.165. The molecule has 6 heteroatoms. The number of nitrogens with zero attached hydrogens (tertiary/aromatic N) is 3. The van der Waals surface area contributed by atoms with E-state index in [4.69, 9.17) is 4.74 Å². The van der Waals surface area contributed by atoms with E-state index in [1.807, 2.05) is 0 Å². The predicted octanol–water partition coefficient (Wildman–Crippen LogP) is 13.5. The number of ether oxygens (including phenoxy) is 1. The molecular weight excluding hydrogens is 908 g/mol. The van der Waals surface area contributed by atoms with Crippen LogP contribution in [-0.4, -0.2) is 22.6 Å². The van der Waals surface area contributed by atoms with E-state index in [-0.39, 0.29) is 13.4 Å². The Kier molecular flexibility index (Phi) is 8.51. The third kappa shape index (κ3) is 5.75. The van der Waals surface area contributed by atoms with E-state index in [1.165, 1.54) is 160 Å². The number of rotatable bonds is 3. The first kappa shape index (κ1) is 43.0. The van der Waals surface area contributed by atoms with Crippen LogP contribution in [0.3, 0.4) is 0 Å². The van der Waals surface area contributed by atoms with Crippen molar-refractivity contribution in [2.24, 2.45) is 0 Å². The smallest absolute Gasteiger partial charge is 0.256 e. The van der Waals surface area contributed by atoms with Crippen LogP contribution in [0.1, 0.15) is 50.1 Å². The average molecular weight is 962 g/mol. The molecular formula is C69H53B2N3O. The van der Waals surface area contributed by atoms with Crippen molar-refractivity contribution in [2.75, 3.05) is 4.90 Å². The van der Waals surface area contributed by atoms with Gasteiger partial charge >= 0.3 is 0 Å². The summed E-state index contributed by atoms with van der Waals surface area (Å²) in [7, 11) is 0. The van der Waals surface area contributed by atoms with Crippen LogP contribution < -0.4 is 42.4 Å². The number of aryl methyl sites for hydroxylation is 9. The van der Waals surface area contributed by atoms with Crippen LogP contribution in [0.25, 0.3) is 77.2 Å². The molecule has 2 aromatic heterocycles. The number of benzene rings is 10. The number of fused-ring (bicyclic) bond motifs is 14. The fourth-order valence-electron chi connectivity index (χ4n) is 14.4. The molecule has 4 aliphatic rings. The van der Waals surface area contributed by atoms with Crippen LogP contribution >= 0.6 is 0 Å². The topological polar surface area (TPSA) is 22.3 Å². The maximum atomic E-state index is 7.63. The molecule has 4 nitrogen and oxygen atoms in total. The Hall–Kier alpha value is -8.47. The zero-order valence-electron chi connectivity index (χ0n) is 43.9. The number of aromatic nitrogens is 2. The van der Waals surface area contributed by atoms with Crippen LogP contribution in [0.5, 0.6) is 11.5 Å². The largest absolute Gasteiger partial charge is 0.458 e. The Bertz CT molecular complexity index is 4630. The summed E-state index contributed by atoms with van der Waals surface area (Å²) >= 11 is 0. The first-order chi connectivity index (χ1) is 36.4. The molecule has 0 unspecified atom stereocenters. The van der Waals surface area contributed by atoms with Crippen LogP contribution in [0.2, 0.25) is 0 Å². The van der Waals surface area contributed by atoms with Crippen LogP contribution in [-0.2, 0) is 0 Å².